The molecule has 1 atom stereocenters. The van der Waals surface area contributed by atoms with Crippen LogP contribution in [-0.2, 0) is 0 Å². The Morgan fingerprint density at radius 1 is 1.23 bits per heavy atom. The Morgan fingerprint density at radius 3 is 2.38 bits per heavy atom. The first-order chi connectivity index (χ1) is 6.19. The van der Waals surface area contributed by atoms with Crippen LogP contribution in [0.1, 0.15) is 17.9 Å². The molecule has 0 fully saturated rings. The first kappa shape index (κ1) is 10.2. The van der Waals surface area contributed by atoms with Gasteiger partial charge in [0.25, 0.3) is 0 Å². The number of ether oxygens (including phenoxy) is 2. The molecule has 0 aliphatic heterocycles. The fraction of sp³-hybridized carbons (Fsp3) is 0.400. The summed E-state index contributed by atoms with van der Waals surface area (Å²) in [5.74, 6) is 1.59. The van der Waals surface area contributed by atoms with Crippen LogP contribution in [0.25, 0.3) is 0 Å². The van der Waals surface area contributed by atoms with Crippen molar-refractivity contribution in [3.05, 3.63) is 23.8 Å². The highest BCUT2D eigenvalue weighted by Gasteiger charge is 2.09. The van der Waals surface area contributed by atoms with Crippen LogP contribution in [0.3, 0.4) is 0 Å². The van der Waals surface area contributed by atoms with Gasteiger partial charge in [0.15, 0.2) is 0 Å². The van der Waals surface area contributed by atoms with Crippen molar-refractivity contribution >= 4 is 11.6 Å². The van der Waals surface area contributed by atoms with E-state index in [1.165, 1.54) is 0 Å². The third-order valence-electron chi connectivity index (χ3n) is 1.87. The molecular formula is C10H13ClO2. The molecule has 0 saturated carbocycles. The molecule has 13 heavy (non-hydrogen) atoms. The van der Waals surface area contributed by atoms with Gasteiger partial charge < -0.3 is 9.47 Å². The lowest BCUT2D eigenvalue weighted by Gasteiger charge is -2.11. The van der Waals surface area contributed by atoms with E-state index < -0.39 is 0 Å². The van der Waals surface area contributed by atoms with Gasteiger partial charge in [-0.3, -0.25) is 0 Å². The van der Waals surface area contributed by atoms with Crippen LogP contribution < -0.4 is 9.47 Å². The molecule has 0 aliphatic rings. The number of benzene rings is 1. The van der Waals surface area contributed by atoms with Crippen molar-refractivity contribution in [1.82, 2.24) is 0 Å². The van der Waals surface area contributed by atoms with E-state index in [2.05, 4.69) is 0 Å². The van der Waals surface area contributed by atoms with Crippen LogP contribution in [0, 0.1) is 0 Å². The highest BCUT2D eigenvalue weighted by atomic mass is 35.5. The fourth-order valence-electron chi connectivity index (χ4n) is 1.15. The topological polar surface area (TPSA) is 18.5 Å². The normalized spacial score (nSPS) is 12.3. The second-order valence-corrected chi connectivity index (χ2v) is 3.38. The number of hydrogen-bond acceptors (Lipinski definition) is 2. The molecule has 1 rings (SSSR count). The van der Waals surface area contributed by atoms with Crippen molar-refractivity contribution in [2.45, 2.75) is 12.3 Å². The van der Waals surface area contributed by atoms with Crippen LogP contribution in [0.4, 0.5) is 0 Å². The summed E-state index contributed by atoms with van der Waals surface area (Å²) in [5, 5.41) is -0.0787. The van der Waals surface area contributed by atoms with Gasteiger partial charge in [-0.05, 0) is 25.1 Å². The van der Waals surface area contributed by atoms with E-state index in [4.69, 9.17) is 21.1 Å². The highest BCUT2D eigenvalue weighted by molar-refractivity contribution is 6.20. The maximum absolute atomic E-state index is 5.98. The predicted octanol–water partition coefficient (Wildman–Crippen LogP) is 3.00. The van der Waals surface area contributed by atoms with Crippen molar-refractivity contribution in [2.24, 2.45) is 0 Å². The monoisotopic (exact) mass is 200 g/mol. The molecule has 0 saturated heterocycles. The minimum atomic E-state index is -0.0787. The van der Waals surface area contributed by atoms with E-state index in [0.717, 1.165) is 17.1 Å². The van der Waals surface area contributed by atoms with Crippen LogP contribution in [0.5, 0.6) is 11.5 Å². The van der Waals surface area contributed by atoms with Gasteiger partial charge in [0.1, 0.15) is 11.5 Å². The van der Waals surface area contributed by atoms with E-state index in [1.807, 2.05) is 25.1 Å². The van der Waals surface area contributed by atoms with Gasteiger partial charge in [0.05, 0.1) is 19.6 Å². The number of halogens is 1. The van der Waals surface area contributed by atoms with Crippen molar-refractivity contribution < 1.29 is 9.47 Å². The molecule has 0 N–H and O–H groups in total. The van der Waals surface area contributed by atoms with E-state index in [-0.39, 0.29) is 5.38 Å². The van der Waals surface area contributed by atoms with E-state index in [0.29, 0.717) is 0 Å². The zero-order valence-corrected chi connectivity index (χ0v) is 8.76. The van der Waals surface area contributed by atoms with Crippen LogP contribution >= 0.6 is 11.6 Å². The summed E-state index contributed by atoms with van der Waals surface area (Å²) >= 11 is 5.98. The molecule has 0 radical (unpaired) electrons. The second-order valence-electron chi connectivity index (χ2n) is 2.72. The van der Waals surface area contributed by atoms with Gasteiger partial charge in [0, 0.05) is 5.56 Å². The Balaban J connectivity index is 3.10. The summed E-state index contributed by atoms with van der Waals surface area (Å²) in [6.45, 7) is 1.90. The first-order valence-corrected chi connectivity index (χ1v) is 4.48. The summed E-state index contributed by atoms with van der Waals surface area (Å²) < 4.78 is 10.3. The van der Waals surface area contributed by atoms with Crippen LogP contribution in [-0.4, -0.2) is 14.2 Å². The molecule has 2 nitrogen and oxygen atoms in total. The van der Waals surface area contributed by atoms with E-state index in [9.17, 15) is 0 Å². The fourth-order valence-corrected chi connectivity index (χ4v) is 1.32. The summed E-state index contributed by atoms with van der Waals surface area (Å²) in [5.41, 5.74) is 0.948. The summed E-state index contributed by atoms with van der Waals surface area (Å²) in [6, 6.07) is 5.59. The summed E-state index contributed by atoms with van der Waals surface area (Å²) in [6.07, 6.45) is 0. The lowest BCUT2D eigenvalue weighted by Crippen LogP contribution is -1.93. The number of methoxy groups -OCH3 is 2. The molecule has 1 aromatic rings. The Hall–Kier alpha value is -0.890. The van der Waals surface area contributed by atoms with Gasteiger partial charge in [0.2, 0.25) is 0 Å². The Labute approximate surface area is 83.4 Å². The average molecular weight is 201 g/mol. The van der Waals surface area contributed by atoms with Gasteiger partial charge in [-0.2, -0.15) is 0 Å². The molecule has 0 spiro atoms. The highest BCUT2D eigenvalue weighted by Crippen LogP contribution is 2.32. The Bertz CT molecular complexity index is 284. The first-order valence-electron chi connectivity index (χ1n) is 4.05. The predicted molar refractivity (Wildman–Crippen MR) is 53.8 cm³/mol. The molecule has 0 heterocycles. The van der Waals surface area contributed by atoms with E-state index in [1.54, 1.807) is 14.2 Å². The van der Waals surface area contributed by atoms with Crippen molar-refractivity contribution in [3.8, 4) is 11.5 Å². The lowest BCUT2D eigenvalue weighted by molar-refractivity contribution is 0.399. The quantitative estimate of drug-likeness (QED) is 0.699. The van der Waals surface area contributed by atoms with Crippen molar-refractivity contribution in [1.29, 1.82) is 0 Å². The molecule has 0 aliphatic carbocycles. The molecule has 0 bridgehead atoms. The molecule has 0 aromatic heterocycles. The average Bonchev–Trinajstić information content (AvgIpc) is 2.16. The third kappa shape index (κ3) is 2.28. The Morgan fingerprint density at radius 2 is 1.92 bits per heavy atom. The standard InChI is InChI=1S/C10H13ClO2/c1-7(11)9-6-8(12-2)4-5-10(9)13-3/h4-7H,1-3H3. The number of alkyl halides is 1. The van der Waals surface area contributed by atoms with Crippen molar-refractivity contribution in [2.75, 3.05) is 14.2 Å². The molecule has 0 amide bonds. The smallest absolute Gasteiger partial charge is 0.123 e. The van der Waals surface area contributed by atoms with Gasteiger partial charge in [-0.1, -0.05) is 0 Å². The second kappa shape index (κ2) is 4.38. The van der Waals surface area contributed by atoms with Gasteiger partial charge in [-0.25, -0.2) is 0 Å². The minimum Gasteiger partial charge on any atom is -0.497 e. The van der Waals surface area contributed by atoms with Gasteiger partial charge >= 0.3 is 0 Å². The summed E-state index contributed by atoms with van der Waals surface area (Å²) in [4.78, 5) is 0. The summed E-state index contributed by atoms with van der Waals surface area (Å²) in [7, 11) is 3.26. The number of hydrogen-bond donors (Lipinski definition) is 0. The zero-order chi connectivity index (χ0) is 9.84. The maximum Gasteiger partial charge on any atom is 0.123 e. The largest absolute Gasteiger partial charge is 0.497 e. The minimum absolute atomic E-state index is 0.0787. The number of rotatable bonds is 3. The Kier molecular flexibility index (Phi) is 3.43. The lowest BCUT2D eigenvalue weighted by atomic mass is 10.1. The zero-order valence-electron chi connectivity index (χ0n) is 8.00. The molecule has 72 valence electrons. The molecule has 1 unspecified atom stereocenters. The molecule has 1 aromatic carbocycles. The maximum atomic E-state index is 5.98. The van der Waals surface area contributed by atoms with Crippen LogP contribution in [0.2, 0.25) is 0 Å². The van der Waals surface area contributed by atoms with Gasteiger partial charge in [-0.15, -0.1) is 11.6 Å². The van der Waals surface area contributed by atoms with E-state index >= 15 is 0 Å². The SMILES string of the molecule is COc1ccc(OC)c(C(C)Cl)c1. The van der Waals surface area contributed by atoms with Crippen LogP contribution in [0.15, 0.2) is 18.2 Å². The molecule has 3 heteroatoms. The third-order valence-corrected chi connectivity index (χ3v) is 2.10. The van der Waals surface area contributed by atoms with Crippen molar-refractivity contribution in [3.63, 3.8) is 0 Å². The molecular weight excluding hydrogens is 188 g/mol.